The van der Waals surface area contributed by atoms with Crippen LogP contribution >= 0.6 is 33.9 Å². The summed E-state index contributed by atoms with van der Waals surface area (Å²) < 4.78 is 2.37. The minimum absolute atomic E-state index is 0.860. The molecule has 0 atom stereocenters. The topological polar surface area (TPSA) is 17.1 Å². The zero-order valence-corrected chi connectivity index (χ0v) is 10.7. The van der Waals surface area contributed by atoms with E-state index in [0.717, 1.165) is 27.4 Å². The highest BCUT2D eigenvalue weighted by molar-refractivity contribution is 14.1. The number of carbonyl (C=O) groups is 1. The molecule has 2 rings (SSSR count). The Morgan fingerprint density at radius 1 is 1.57 bits per heavy atom. The van der Waals surface area contributed by atoms with Gasteiger partial charge in [-0.3, -0.25) is 4.79 Å². The fraction of sp³-hybridized carbons (Fsp3) is 0.182. The predicted octanol–water partition coefficient (Wildman–Crippen LogP) is 3.88. The van der Waals surface area contributed by atoms with Crippen molar-refractivity contribution < 1.29 is 4.79 Å². The van der Waals surface area contributed by atoms with Crippen LogP contribution in [-0.4, -0.2) is 6.29 Å². The van der Waals surface area contributed by atoms with Gasteiger partial charge in [-0.25, -0.2) is 0 Å². The standard InChI is InChI=1S/C11H9IOS/c1-2-7-5-10-8(3-4-14-10)11(12)9(7)6-13/h3-6H,2H2,1H3. The van der Waals surface area contributed by atoms with Gasteiger partial charge in [0.15, 0.2) is 6.29 Å². The minimum atomic E-state index is 0.860. The summed E-state index contributed by atoms with van der Waals surface area (Å²) >= 11 is 3.99. The Hall–Kier alpha value is -0.420. The number of hydrogen-bond acceptors (Lipinski definition) is 2. The first-order valence-corrected chi connectivity index (χ1v) is 6.37. The molecule has 0 bridgehead atoms. The van der Waals surface area contributed by atoms with Crippen molar-refractivity contribution >= 4 is 50.3 Å². The van der Waals surface area contributed by atoms with Gasteiger partial charge in [-0.1, -0.05) is 6.92 Å². The molecular weight excluding hydrogens is 307 g/mol. The van der Waals surface area contributed by atoms with Crippen LogP contribution in [0.25, 0.3) is 10.1 Å². The second-order valence-electron chi connectivity index (χ2n) is 3.07. The van der Waals surface area contributed by atoms with Crippen molar-refractivity contribution in [3.63, 3.8) is 0 Å². The number of benzene rings is 1. The number of fused-ring (bicyclic) bond motifs is 1. The number of carbonyl (C=O) groups excluding carboxylic acids is 1. The van der Waals surface area contributed by atoms with Crippen LogP contribution in [0, 0.1) is 3.57 Å². The number of aldehydes is 1. The molecule has 0 saturated carbocycles. The zero-order valence-electron chi connectivity index (χ0n) is 7.71. The van der Waals surface area contributed by atoms with Gasteiger partial charge in [0.25, 0.3) is 0 Å². The molecule has 1 aromatic carbocycles. The molecule has 0 radical (unpaired) electrons. The van der Waals surface area contributed by atoms with E-state index in [9.17, 15) is 4.79 Å². The van der Waals surface area contributed by atoms with E-state index in [1.54, 1.807) is 11.3 Å². The summed E-state index contributed by atoms with van der Waals surface area (Å²) in [6.45, 7) is 2.08. The molecule has 0 spiro atoms. The third kappa shape index (κ3) is 1.48. The molecule has 0 unspecified atom stereocenters. The van der Waals surface area contributed by atoms with Crippen LogP contribution in [0.2, 0.25) is 0 Å². The molecule has 0 aliphatic rings. The third-order valence-corrected chi connectivity index (χ3v) is 4.34. The normalized spacial score (nSPS) is 10.7. The Balaban J connectivity index is 2.85. The Morgan fingerprint density at radius 3 is 3.00 bits per heavy atom. The molecule has 0 aliphatic carbocycles. The summed E-state index contributed by atoms with van der Waals surface area (Å²) in [5.41, 5.74) is 2.01. The first kappa shape index (κ1) is 10.1. The summed E-state index contributed by atoms with van der Waals surface area (Å²) in [5, 5.41) is 3.27. The Bertz CT molecular complexity index is 487. The molecule has 14 heavy (non-hydrogen) atoms. The van der Waals surface area contributed by atoms with Gasteiger partial charge in [-0.05, 0) is 52.1 Å². The molecule has 0 N–H and O–H groups in total. The van der Waals surface area contributed by atoms with E-state index in [2.05, 4.69) is 47.0 Å². The lowest BCUT2D eigenvalue weighted by Crippen LogP contribution is -1.94. The number of hydrogen-bond donors (Lipinski definition) is 0. The Morgan fingerprint density at radius 2 is 2.36 bits per heavy atom. The summed E-state index contributed by atoms with van der Waals surface area (Å²) in [6, 6.07) is 4.21. The van der Waals surface area contributed by atoms with Gasteiger partial charge in [0.2, 0.25) is 0 Å². The molecular formula is C11H9IOS. The van der Waals surface area contributed by atoms with Gasteiger partial charge in [0.1, 0.15) is 0 Å². The van der Waals surface area contributed by atoms with Crippen molar-refractivity contribution in [2.45, 2.75) is 13.3 Å². The van der Waals surface area contributed by atoms with E-state index < -0.39 is 0 Å². The van der Waals surface area contributed by atoms with Gasteiger partial charge >= 0.3 is 0 Å². The maximum Gasteiger partial charge on any atom is 0.151 e. The number of halogens is 1. The van der Waals surface area contributed by atoms with Crippen LogP contribution in [-0.2, 0) is 6.42 Å². The summed E-state index contributed by atoms with van der Waals surface area (Å²) in [6.07, 6.45) is 1.88. The number of thiophene rings is 1. The fourth-order valence-electron chi connectivity index (χ4n) is 1.56. The van der Waals surface area contributed by atoms with Crippen LogP contribution in [0.1, 0.15) is 22.8 Å². The number of aryl methyl sites for hydroxylation is 1. The Labute approximate surface area is 100 Å². The lowest BCUT2D eigenvalue weighted by atomic mass is 10.0. The highest BCUT2D eigenvalue weighted by atomic mass is 127. The predicted molar refractivity (Wildman–Crippen MR) is 69.3 cm³/mol. The molecule has 0 saturated heterocycles. The van der Waals surface area contributed by atoms with Crippen molar-refractivity contribution in [2.75, 3.05) is 0 Å². The van der Waals surface area contributed by atoms with Crippen molar-refractivity contribution in [3.05, 3.63) is 32.2 Å². The minimum Gasteiger partial charge on any atom is -0.298 e. The van der Waals surface area contributed by atoms with Gasteiger partial charge in [0, 0.05) is 19.2 Å². The zero-order chi connectivity index (χ0) is 10.1. The first-order chi connectivity index (χ1) is 6.77. The molecule has 0 fully saturated rings. The van der Waals surface area contributed by atoms with Crippen molar-refractivity contribution in [1.82, 2.24) is 0 Å². The fourth-order valence-corrected chi connectivity index (χ4v) is 3.54. The van der Waals surface area contributed by atoms with Gasteiger partial charge in [-0.2, -0.15) is 0 Å². The average Bonchev–Trinajstić information content (AvgIpc) is 2.65. The molecule has 1 heterocycles. The molecule has 3 heteroatoms. The van der Waals surface area contributed by atoms with E-state index in [1.165, 1.54) is 10.1 Å². The third-order valence-electron chi connectivity index (χ3n) is 2.32. The van der Waals surface area contributed by atoms with Crippen molar-refractivity contribution in [2.24, 2.45) is 0 Å². The summed E-state index contributed by atoms with van der Waals surface area (Å²) in [5.74, 6) is 0. The van der Waals surface area contributed by atoms with Gasteiger partial charge in [0.05, 0.1) is 0 Å². The van der Waals surface area contributed by atoms with Crippen LogP contribution < -0.4 is 0 Å². The number of rotatable bonds is 2. The van der Waals surface area contributed by atoms with Gasteiger partial charge < -0.3 is 0 Å². The molecule has 1 nitrogen and oxygen atoms in total. The second-order valence-corrected chi connectivity index (χ2v) is 5.09. The lowest BCUT2D eigenvalue weighted by Gasteiger charge is -2.05. The summed E-state index contributed by atoms with van der Waals surface area (Å²) in [7, 11) is 0. The molecule has 2 aromatic rings. The molecule has 0 aliphatic heterocycles. The van der Waals surface area contributed by atoms with Crippen molar-refractivity contribution in [1.29, 1.82) is 0 Å². The summed E-state index contributed by atoms with van der Waals surface area (Å²) in [4.78, 5) is 11.0. The highest BCUT2D eigenvalue weighted by Crippen LogP contribution is 2.30. The smallest absolute Gasteiger partial charge is 0.151 e. The largest absolute Gasteiger partial charge is 0.298 e. The van der Waals surface area contributed by atoms with Crippen LogP contribution in [0.3, 0.4) is 0 Å². The maximum atomic E-state index is 11.0. The monoisotopic (exact) mass is 316 g/mol. The quantitative estimate of drug-likeness (QED) is 0.607. The van der Waals surface area contributed by atoms with E-state index in [0.29, 0.717) is 0 Å². The van der Waals surface area contributed by atoms with E-state index in [1.807, 2.05) is 0 Å². The van der Waals surface area contributed by atoms with Crippen LogP contribution in [0.5, 0.6) is 0 Å². The lowest BCUT2D eigenvalue weighted by molar-refractivity contribution is 0.112. The maximum absolute atomic E-state index is 11.0. The SMILES string of the molecule is CCc1cc2sccc2c(I)c1C=O. The molecule has 0 amide bonds. The van der Waals surface area contributed by atoms with E-state index in [-0.39, 0.29) is 0 Å². The van der Waals surface area contributed by atoms with E-state index >= 15 is 0 Å². The highest BCUT2D eigenvalue weighted by Gasteiger charge is 2.10. The average molecular weight is 316 g/mol. The first-order valence-electron chi connectivity index (χ1n) is 4.41. The van der Waals surface area contributed by atoms with Crippen LogP contribution in [0.4, 0.5) is 0 Å². The second kappa shape index (κ2) is 3.98. The molecule has 72 valence electrons. The van der Waals surface area contributed by atoms with Crippen molar-refractivity contribution in [3.8, 4) is 0 Å². The van der Waals surface area contributed by atoms with E-state index in [4.69, 9.17) is 0 Å². The van der Waals surface area contributed by atoms with Gasteiger partial charge in [-0.15, -0.1) is 11.3 Å². The molecule has 1 aromatic heterocycles. The van der Waals surface area contributed by atoms with Crippen LogP contribution in [0.15, 0.2) is 17.5 Å². The Kier molecular flexibility index (Phi) is 2.88.